The Balaban J connectivity index is 1.29. The lowest BCUT2D eigenvalue weighted by Crippen LogP contribution is -2.57. The monoisotopic (exact) mass is 611 g/mol. The fraction of sp³-hybridized carbons (Fsp3) is 0.576. The average Bonchev–Trinajstić information content (AvgIpc) is 3.40. The first-order chi connectivity index (χ1) is 21.0. The lowest BCUT2D eigenvalue weighted by atomic mass is 9.83. The van der Waals surface area contributed by atoms with Gasteiger partial charge >= 0.3 is 6.09 Å². The fourth-order valence-corrected chi connectivity index (χ4v) is 6.69. The van der Waals surface area contributed by atoms with E-state index in [2.05, 4.69) is 11.5 Å². The van der Waals surface area contributed by atoms with Crippen LogP contribution in [0.15, 0.2) is 36.5 Å². The molecule has 238 valence electrons. The maximum Gasteiger partial charge on any atom is 0.410 e. The molecular weight excluding hydrogens is 568 g/mol. The number of hydrogen-bond donors (Lipinski definition) is 1. The normalized spacial score (nSPS) is 23.0. The Labute approximate surface area is 257 Å². The van der Waals surface area contributed by atoms with Crippen molar-refractivity contribution < 1.29 is 27.8 Å². The first-order valence-electron chi connectivity index (χ1n) is 15.6. The Morgan fingerprint density at radius 2 is 1.93 bits per heavy atom. The molecule has 1 N–H and O–H groups in total. The average molecular weight is 612 g/mol. The molecule has 9 nitrogen and oxygen atoms in total. The first kappa shape index (κ1) is 30.6. The third-order valence-electron chi connectivity index (χ3n) is 8.78. The van der Waals surface area contributed by atoms with Gasteiger partial charge in [0.15, 0.2) is 0 Å². The molecule has 0 bridgehead atoms. The quantitative estimate of drug-likeness (QED) is 0.332. The number of rotatable bonds is 7. The summed E-state index contributed by atoms with van der Waals surface area (Å²) < 4.78 is 47.2. The van der Waals surface area contributed by atoms with Crippen molar-refractivity contribution in [3.05, 3.63) is 53.2 Å². The SMILES string of the molecule is COc1cc(NC2CN(C(=O)OC(C)(C)C)C2)ccc1[C@@H]1c2ccc3nn(C4CCCCO4)cc3c2C[C@@H](C)N1CC(F)F. The number of ether oxygens (including phenoxy) is 3. The topological polar surface area (TPSA) is 81.1 Å². The van der Waals surface area contributed by atoms with Gasteiger partial charge in [-0.15, -0.1) is 0 Å². The molecule has 0 aliphatic carbocycles. The van der Waals surface area contributed by atoms with E-state index in [1.54, 1.807) is 12.0 Å². The van der Waals surface area contributed by atoms with Gasteiger partial charge in [0, 0.05) is 54.6 Å². The molecule has 6 rings (SSSR count). The second-order valence-corrected chi connectivity index (χ2v) is 13.2. The van der Waals surface area contributed by atoms with Crippen LogP contribution in [0.5, 0.6) is 5.75 Å². The zero-order chi connectivity index (χ0) is 31.2. The second kappa shape index (κ2) is 12.2. The highest BCUT2D eigenvalue weighted by Gasteiger charge is 2.38. The van der Waals surface area contributed by atoms with E-state index in [4.69, 9.17) is 19.3 Å². The Morgan fingerprint density at radius 1 is 1.16 bits per heavy atom. The predicted octanol–water partition coefficient (Wildman–Crippen LogP) is 6.38. The molecule has 4 heterocycles. The maximum absolute atomic E-state index is 14.0. The molecule has 44 heavy (non-hydrogen) atoms. The number of aromatic nitrogens is 2. The lowest BCUT2D eigenvalue weighted by Gasteiger charge is -2.43. The van der Waals surface area contributed by atoms with Crippen LogP contribution in [0.1, 0.15) is 75.9 Å². The molecule has 1 unspecified atom stereocenters. The Hall–Kier alpha value is -3.44. The maximum atomic E-state index is 14.0. The van der Waals surface area contributed by atoms with E-state index in [9.17, 15) is 13.6 Å². The molecule has 2 aromatic carbocycles. The van der Waals surface area contributed by atoms with Crippen molar-refractivity contribution in [2.24, 2.45) is 0 Å². The number of alkyl halides is 2. The second-order valence-electron chi connectivity index (χ2n) is 13.2. The summed E-state index contributed by atoms with van der Waals surface area (Å²) in [5.41, 5.74) is 4.15. The summed E-state index contributed by atoms with van der Waals surface area (Å²) in [6, 6.07) is 9.41. The van der Waals surface area contributed by atoms with Crippen molar-refractivity contribution in [1.29, 1.82) is 0 Å². The number of nitrogens with one attached hydrogen (secondary N) is 1. The van der Waals surface area contributed by atoms with Crippen LogP contribution in [0.4, 0.5) is 19.3 Å². The van der Waals surface area contributed by atoms with Crippen LogP contribution in [0.25, 0.3) is 10.9 Å². The van der Waals surface area contributed by atoms with Crippen molar-refractivity contribution in [3.63, 3.8) is 0 Å². The smallest absolute Gasteiger partial charge is 0.410 e. The molecule has 0 spiro atoms. The summed E-state index contributed by atoms with van der Waals surface area (Å²) in [4.78, 5) is 15.9. The van der Waals surface area contributed by atoms with Crippen LogP contribution in [0, 0.1) is 0 Å². The van der Waals surface area contributed by atoms with Gasteiger partial charge in [0.2, 0.25) is 0 Å². The van der Waals surface area contributed by atoms with E-state index in [1.165, 1.54) is 0 Å². The van der Waals surface area contributed by atoms with E-state index in [0.29, 0.717) is 25.3 Å². The predicted molar refractivity (Wildman–Crippen MR) is 165 cm³/mol. The minimum Gasteiger partial charge on any atom is -0.496 e. The molecule has 3 aliphatic heterocycles. The Morgan fingerprint density at radius 3 is 2.61 bits per heavy atom. The van der Waals surface area contributed by atoms with E-state index < -0.39 is 18.1 Å². The minimum atomic E-state index is -2.48. The summed E-state index contributed by atoms with van der Waals surface area (Å²) in [5, 5.41) is 9.37. The minimum absolute atomic E-state index is 0.0711. The number of carbonyl (C=O) groups is 1. The molecular formula is C33H43F2N5O4. The van der Waals surface area contributed by atoms with Crippen LogP contribution in [-0.2, 0) is 15.9 Å². The lowest BCUT2D eigenvalue weighted by molar-refractivity contribution is -0.0390. The summed E-state index contributed by atoms with van der Waals surface area (Å²) in [6.45, 7) is 9.02. The van der Waals surface area contributed by atoms with Gasteiger partial charge in [-0.2, -0.15) is 5.10 Å². The van der Waals surface area contributed by atoms with Crippen molar-refractivity contribution in [3.8, 4) is 5.75 Å². The number of anilines is 1. The van der Waals surface area contributed by atoms with Crippen LogP contribution < -0.4 is 10.1 Å². The zero-order valence-corrected chi connectivity index (χ0v) is 26.2. The molecule has 2 fully saturated rings. The highest BCUT2D eigenvalue weighted by atomic mass is 19.3. The number of fused-ring (bicyclic) bond motifs is 3. The van der Waals surface area contributed by atoms with Gasteiger partial charge in [0.05, 0.1) is 31.3 Å². The summed E-state index contributed by atoms with van der Waals surface area (Å²) in [5.74, 6) is 0.619. The third-order valence-corrected chi connectivity index (χ3v) is 8.78. The van der Waals surface area contributed by atoms with Crippen molar-refractivity contribution in [2.75, 3.05) is 38.7 Å². The van der Waals surface area contributed by atoms with Gasteiger partial charge in [-0.05, 0) is 76.6 Å². The van der Waals surface area contributed by atoms with Crippen molar-refractivity contribution >= 4 is 22.7 Å². The number of likely N-dealkylation sites (tertiary alicyclic amines) is 1. The van der Waals surface area contributed by atoms with Gasteiger partial charge in [0.25, 0.3) is 6.43 Å². The molecule has 11 heteroatoms. The van der Waals surface area contributed by atoms with Crippen LogP contribution >= 0.6 is 0 Å². The third kappa shape index (κ3) is 6.21. The fourth-order valence-electron chi connectivity index (χ4n) is 6.69. The number of benzene rings is 2. The Kier molecular flexibility index (Phi) is 8.45. The Bertz CT molecular complexity index is 1490. The van der Waals surface area contributed by atoms with Crippen LogP contribution in [-0.4, -0.2) is 83.1 Å². The number of amides is 1. The molecule has 3 atom stereocenters. The number of carbonyl (C=O) groups excluding carboxylic acids is 1. The van der Waals surface area contributed by atoms with Gasteiger partial charge < -0.3 is 24.4 Å². The molecule has 0 radical (unpaired) electrons. The van der Waals surface area contributed by atoms with Gasteiger partial charge in [-0.3, -0.25) is 4.90 Å². The molecule has 3 aliphatic rings. The highest BCUT2D eigenvalue weighted by Crippen LogP contribution is 2.44. The van der Waals surface area contributed by atoms with E-state index in [-0.39, 0.29) is 30.9 Å². The molecule has 0 saturated carbocycles. The van der Waals surface area contributed by atoms with Crippen LogP contribution in [0.2, 0.25) is 0 Å². The van der Waals surface area contributed by atoms with Gasteiger partial charge in [-0.1, -0.05) is 12.1 Å². The summed E-state index contributed by atoms with van der Waals surface area (Å²) in [7, 11) is 1.61. The molecule has 1 amide bonds. The largest absolute Gasteiger partial charge is 0.496 e. The van der Waals surface area contributed by atoms with E-state index in [1.807, 2.05) is 67.6 Å². The zero-order valence-electron chi connectivity index (χ0n) is 26.2. The van der Waals surface area contributed by atoms with Gasteiger partial charge in [-0.25, -0.2) is 18.3 Å². The standard InChI is InChI=1S/C33H43F2N5O4/c1-20-14-25-23(11-12-27-26(25)18-40(37-27)30-8-6-7-13-43-30)31(39(20)19-29(34)35)24-10-9-21(15-28(24)42-5)36-22-16-38(17-22)32(41)44-33(2,3)4/h9-12,15,18,20,22,29-31,36H,6-8,13-14,16-17,19H2,1-5H3/t20-,30?,31+/m1/s1. The highest BCUT2D eigenvalue weighted by molar-refractivity contribution is 5.84. The van der Waals surface area contributed by atoms with E-state index >= 15 is 0 Å². The molecule has 3 aromatic rings. The number of nitrogens with zero attached hydrogens (tertiary/aromatic N) is 4. The summed E-state index contributed by atoms with van der Waals surface area (Å²) >= 11 is 0. The van der Waals surface area contributed by atoms with Crippen LogP contribution in [0.3, 0.4) is 0 Å². The molecule has 1 aromatic heterocycles. The van der Waals surface area contributed by atoms with E-state index in [0.717, 1.165) is 59.2 Å². The van der Waals surface area contributed by atoms with Crippen molar-refractivity contribution in [2.45, 2.75) is 89.8 Å². The van der Waals surface area contributed by atoms with Crippen molar-refractivity contribution in [1.82, 2.24) is 19.6 Å². The number of hydrogen-bond acceptors (Lipinski definition) is 7. The number of halogens is 2. The molecule has 2 saturated heterocycles. The summed E-state index contributed by atoms with van der Waals surface area (Å²) in [6.07, 6.45) is 2.93. The first-order valence-corrected chi connectivity index (χ1v) is 15.6. The van der Waals surface area contributed by atoms with Gasteiger partial charge in [0.1, 0.15) is 17.6 Å². The number of methoxy groups -OCH3 is 1.